The quantitative estimate of drug-likeness (QED) is 0.411. The molecule has 0 atom stereocenters. The number of aromatic nitrogens is 2. The van der Waals surface area contributed by atoms with Gasteiger partial charge >= 0.3 is 0 Å². The molecule has 1 heterocycles. The molecule has 0 unspecified atom stereocenters. The number of hydrogen-bond acceptors (Lipinski definition) is 1. The van der Waals surface area contributed by atoms with Gasteiger partial charge in [-0.3, -0.25) is 4.57 Å². The van der Waals surface area contributed by atoms with Crippen molar-refractivity contribution in [1.29, 1.82) is 0 Å². The molecule has 2 nitrogen and oxygen atoms in total. The van der Waals surface area contributed by atoms with Crippen molar-refractivity contribution >= 4 is 0 Å². The topological polar surface area (TPSA) is 17.8 Å². The van der Waals surface area contributed by atoms with E-state index >= 15 is 0 Å². The van der Waals surface area contributed by atoms with Crippen LogP contribution in [0, 0.1) is 0 Å². The number of aryl methyl sites for hydroxylation is 3. The average molecular weight is 361 g/mol. The molecular formula is C25H32N2. The predicted molar refractivity (Wildman–Crippen MR) is 116 cm³/mol. The highest BCUT2D eigenvalue weighted by Gasteiger charge is 2.18. The van der Waals surface area contributed by atoms with E-state index in [0.717, 1.165) is 37.9 Å². The molecule has 0 amide bonds. The second kappa shape index (κ2) is 9.55. The third-order valence-electron chi connectivity index (χ3n) is 5.12. The van der Waals surface area contributed by atoms with E-state index in [0.29, 0.717) is 0 Å². The Balaban J connectivity index is 2.24. The smallest absolute Gasteiger partial charge is 0.144 e. The zero-order chi connectivity index (χ0) is 19.1. The largest absolute Gasteiger partial charge is 0.296 e. The lowest BCUT2D eigenvalue weighted by molar-refractivity contribution is 0.754. The number of hydrogen-bond donors (Lipinski definition) is 0. The molecule has 0 aliphatic heterocycles. The number of imidazole rings is 1. The molecule has 27 heavy (non-hydrogen) atoms. The summed E-state index contributed by atoms with van der Waals surface area (Å²) < 4.78 is 2.46. The van der Waals surface area contributed by atoms with E-state index in [1.165, 1.54) is 40.9 Å². The number of nitrogens with zero attached hydrogens (tertiary/aromatic N) is 2. The number of unbranched alkanes of at least 4 members (excludes halogenated alkanes) is 1. The summed E-state index contributed by atoms with van der Waals surface area (Å²) in [4.78, 5) is 4.88. The zero-order valence-electron chi connectivity index (χ0n) is 17.0. The maximum Gasteiger partial charge on any atom is 0.144 e. The summed E-state index contributed by atoms with van der Waals surface area (Å²) in [6, 6.07) is 17.4. The third-order valence-corrected chi connectivity index (χ3v) is 5.12. The Hall–Kier alpha value is -2.35. The van der Waals surface area contributed by atoms with Crippen molar-refractivity contribution in [3.63, 3.8) is 0 Å². The van der Waals surface area contributed by atoms with Gasteiger partial charge in [-0.15, -0.1) is 0 Å². The minimum Gasteiger partial charge on any atom is -0.296 e. The summed E-state index contributed by atoms with van der Waals surface area (Å²) in [6.07, 6.45) is 10.1. The maximum atomic E-state index is 4.88. The molecule has 3 aromatic rings. The third kappa shape index (κ3) is 4.32. The highest BCUT2D eigenvalue weighted by molar-refractivity contribution is 5.62. The summed E-state index contributed by atoms with van der Waals surface area (Å²) in [5.41, 5.74) is 6.78. The van der Waals surface area contributed by atoms with Crippen LogP contribution in [-0.2, 0) is 19.3 Å². The van der Waals surface area contributed by atoms with Crippen LogP contribution >= 0.6 is 0 Å². The van der Waals surface area contributed by atoms with E-state index in [1.807, 2.05) is 0 Å². The first-order valence-corrected chi connectivity index (χ1v) is 10.5. The van der Waals surface area contributed by atoms with Crippen molar-refractivity contribution in [3.8, 4) is 17.1 Å². The fraction of sp³-hybridized carbons (Fsp3) is 0.400. The summed E-state index contributed by atoms with van der Waals surface area (Å²) >= 11 is 0. The Kier molecular flexibility index (Phi) is 6.86. The predicted octanol–water partition coefficient (Wildman–Crippen LogP) is 6.79. The Labute approximate surface area is 164 Å². The number of benzene rings is 2. The van der Waals surface area contributed by atoms with Crippen molar-refractivity contribution < 1.29 is 0 Å². The van der Waals surface area contributed by atoms with Crippen molar-refractivity contribution in [2.45, 2.75) is 65.7 Å². The molecule has 0 fully saturated rings. The van der Waals surface area contributed by atoms with Crippen molar-refractivity contribution in [2.24, 2.45) is 0 Å². The van der Waals surface area contributed by atoms with Gasteiger partial charge in [-0.25, -0.2) is 4.98 Å². The Morgan fingerprint density at radius 2 is 1.41 bits per heavy atom. The minimum atomic E-state index is 1.07. The van der Waals surface area contributed by atoms with E-state index in [-0.39, 0.29) is 0 Å². The summed E-state index contributed by atoms with van der Waals surface area (Å²) in [7, 11) is 0. The molecule has 0 N–H and O–H groups in total. The van der Waals surface area contributed by atoms with Gasteiger partial charge in [-0.1, -0.05) is 88.6 Å². The minimum absolute atomic E-state index is 1.07. The zero-order valence-corrected chi connectivity index (χ0v) is 17.0. The molecule has 0 aliphatic rings. The Morgan fingerprint density at radius 3 is 2.00 bits per heavy atom. The molecule has 2 heteroatoms. The lowest BCUT2D eigenvalue weighted by Crippen LogP contribution is -2.09. The van der Waals surface area contributed by atoms with E-state index in [1.54, 1.807) is 0 Å². The second-order valence-electron chi connectivity index (χ2n) is 7.30. The highest BCUT2D eigenvalue weighted by Crippen LogP contribution is 2.31. The number of rotatable bonds is 9. The molecule has 2 aromatic carbocycles. The van der Waals surface area contributed by atoms with Crippen LogP contribution in [-0.4, -0.2) is 9.55 Å². The molecule has 0 aliphatic carbocycles. The summed E-state index contributed by atoms with van der Waals surface area (Å²) in [5.74, 6) is 1.07. The maximum absolute atomic E-state index is 4.88. The fourth-order valence-electron chi connectivity index (χ4n) is 3.84. The first-order chi connectivity index (χ1) is 13.3. The van der Waals surface area contributed by atoms with Gasteiger partial charge < -0.3 is 0 Å². The molecular weight excluding hydrogens is 328 g/mol. The van der Waals surface area contributed by atoms with Gasteiger partial charge in [0.25, 0.3) is 0 Å². The van der Waals surface area contributed by atoms with E-state index < -0.39 is 0 Å². The van der Waals surface area contributed by atoms with Gasteiger partial charge in [-0.2, -0.15) is 0 Å². The van der Waals surface area contributed by atoms with Crippen molar-refractivity contribution in [2.75, 3.05) is 0 Å². The Bertz CT molecular complexity index is 822. The molecule has 0 bridgehead atoms. The van der Waals surface area contributed by atoms with Crippen molar-refractivity contribution in [1.82, 2.24) is 9.55 Å². The van der Waals surface area contributed by atoms with E-state index in [9.17, 15) is 0 Å². The van der Waals surface area contributed by atoms with Crippen molar-refractivity contribution in [3.05, 3.63) is 71.5 Å². The van der Waals surface area contributed by atoms with Gasteiger partial charge in [0.1, 0.15) is 5.82 Å². The fourth-order valence-corrected chi connectivity index (χ4v) is 3.84. The van der Waals surface area contributed by atoms with Crippen LogP contribution in [0.5, 0.6) is 0 Å². The molecule has 0 spiro atoms. The molecule has 3 rings (SSSR count). The number of para-hydroxylation sites is 1. The molecule has 0 radical (unpaired) electrons. The van der Waals surface area contributed by atoms with Gasteiger partial charge in [0, 0.05) is 17.5 Å². The monoisotopic (exact) mass is 360 g/mol. The first-order valence-electron chi connectivity index (χ1n) is 10.5. The van der Waals surface area contributed by atoms with Crippen LogP contribution in [0.15, 0.2) is 54.7 Å². The van der Waals surface area contributed by atoms with Gasteiger partial charge in [0.05, 0.1) is 5.69 Å². The van der Waals surface area contributed by atoms with Crippen LogP contribution in [0.4, 0.5) is 0 Å². The molecule has 1 aromatic heterocycles. The van der Waals surface area contributed by atoms with Crippen LogP contribution in [0.1, 0.15) is 63.3 Å². The second-order valence-corrected chi connectivity index (χ2v) is 7.30. The summed E-state index contributed by atoms with van der Waals surface area (Å²) in [5, 5.41) is 0. The van der Waals surface area contributed by atoms with Gasteiger partial charge in [-0.05, 0) is 36.8 Å². The summed E-state index contributed by atoms with van der Waals surface area (Å²) in [6.45, 7) is 6.78. The lowest BCUT2D eigenvalue weighted by Gasteiger charge is -2.20. The van der Waals surface area contributed by atoms with E-state index in [2.05, 4.69) is 80.1 Å². The normalized spacial score (nSPS) is 11.1. The average Bonchev–Trinajstić information content (AvgIpc) is 3.11. The van der Waals surface area contributed by atoms with Gasteiger partial charge in [0.15, 0.2) is 0 Å². The Morgan fingerprint density at radius 1 is 0.741 bits per heavy atom. The van der Waals surface area contributed by atoms with Crippen LogP contribution in [0.3, 0.4) is 0 Å². The molecule has 0 saturated heterocycles. The highest BCUT2D eigenvalue weighted by atomic mass is 15.1. The van der Waals surface area contributed by atoms with Crippen LogP contribution in [0.2, 0.25) is 0 Å². The standard InChI is InChI=1S/C25H32N2/c1-4-7-18-23-19-26-25(22-14-9-8-10-15-22)27(23)24-20(12-5-2)16-11-17-21(24)13-6-3/h8-11,14-17,19H,4-7,12-13,18H2,1-3H3. The lowest BCUT2D eigenvalue weighted by atomic mass is 9.99. The van der Waals surface area contributed by atoms with Crippen LogP contribution in [0.25, 0.3) is 17.1 Å². The first kappa shape index (κ1) is 19.4. The SMILES string of the molecule is CCCCc1cnc(-c2ccccc2)n1-c1c(CCC)cccc1CCC. The van der Waals surface area contributed by atoms with Gasteiger partial charge in [0.2, 0.25) is 0 Å². The van der Waals surface area contributed by atoms with Crippen LogP contribution < -0.4 is 0 Å². The molecule has 0 saturated carbocycles. The van der Waals surface area contributed by atoms with E-state index in [4.69, 9.17) is 4.98 Å². The molecule has 142 valence electrons.